The van der Waals surface area contributed by atoms with Crippen LogP contribution in [-0.4, -0.2) is 42.1 Å². The third kappa shape index (κ3) is 5.21. The summed E-state index contributed by atoms with van der Waals surface area (Å²) in [5, 5.41) is 6.72. The number of carbonyl (C=O) groups excluding carboxylic acids is 1. The molecule has 2 N–H and O–H groups in total. The lowest BCUT2D eigenvalue weighted by Gasteiger charge is -2.30. The molecule has 2 aromatic rings. The molecule has 6 heteroatoms. The summed E-state index contributed by atoms with van der Waals surface area (Å²) in [4.78, 5) is 23.6. The van der Waals surface area contributed by atoms with E-state index in [1.54, 1.807) is 6.20 Å². The monoisotopic (exact) mass is 381 g/mol. The van der Waals surface area contributed by atoms with Gasteiger partial charge >= 0.3 is 0 Å². The minimum atomic E-state index is -0.0702. The topological polar surface area (TPSA) is 70.2 Å². The van der Waals surface area contributed by atoms with Gasteiger partial charge < -0.3 is 15.5 Å². The van der Waals surface area contributed by atoms with E-state index in [4.69, 9.17) is 0 Å². The van der Waals surface area contributed by atoms with Gasteiger partial charge in [-0.25, -0.2) is 4.98 Å². The number of aromatic nitrogens is 2. The Morgan fingerprint density at radius 3 is 2.43 bits per heavy atom. The van der Waals surface area contributed by atoms with Gasteiger partial charge in [0, 0.05) is 32.4 Å². The maximum Gasteiger partial charge on any atom is 0.227 e. The summed E-state index contributed by atoms with van der Waals surface area (Å²) < 4.78 is 0. The molecule has 28 heavy (non-hydrogen) atoms. The quantitative estimate of drug-likeness (QED) is 0.767. The zero-order valence-electron chi connectivity index (χ0n) is 17.1. The lowest BCUT2D eigenvalue weighted by molar-refractivity contribution is -0.123. The van der Waals surface area contributed by atoms with Gasteiger partial charge in [0.2, 0.25) is 11.9 Å². The van der Waals surface area contributed by atoms with Gasteiger partial charge in [-0.3, -0.25) is 4.79 Å². The highest BCUT2D eigenvalue weighted by molar-refractivity contribution is 5.83. The maximum atomic E-state index is 12.8. The van der Waals surface area contributed by atoms with Crippen molar-refractivity contribution >= 4 is 17.7 Å². The van der Waals surface area contributed by atoms with Crippen molar-refractivity contribution in [2.24, 2.45) is 0 Å². The molecular formula is C22H31N5O. The molecule has 1 unspecified atom stereocenters. The predicted octanol–water partition coefficient (Wildman–Crippen LogP) is 3.58. The number of nitrogens with one attached hydrogen (secondary N) is 2. The van der Waals surface area contributed by atoms with E-state index in [0.29, 0.717) is 12.0 Å². The summed E-state index contributed by atoms with van der Waals surface area (Å²) in [5.74, 6) is 1.64. The standard InChI is InChI=1S/C22H31N5O/c1-4-19(16-8-6-5-7-9-16)21(28)24-17-10-12-18(13-11-17)25-22-23-15-14-20(26-22)27(2)3/h5-9,14-15,17-19H,4,10-13H2,1-3H3,(H,24,28)(H,23,25,26)/t17-,18+,19?. The van der Waals surface area contributed by atoms with E-state index >= 15 is 0 Å². The van der Waals surface area contributed by atoms with Crippen molar-refractivity contribution in [3.63, 3.8) is 0 Å². The van der Waals surface area contributed by atoms with E-state index < -0.39 is 0 Å². The second-order valence-corrected chi connectivity index (χ2v) is 7.71. The first-order chi connectivity index (χ1) is 13.6. The van der Waals surface area contributed by atoms with Crippen LogP contribution < -0.4 is 15.5 Å². The zero-order chi connectivity index (χ0) is 19.9. The van der Waals surface area contributed by atoms with Crippen LogP contribution in [0.25, 0.3) is 0 Å². The van der Waals surface area contributed by atoms with Crippen molar-refractivity contribution < 1.29 is 4.79 Å². The Balaban J connectivity index is 1.50. The number of amides is 1. The van der Waals surface area contributed by atoms with Gasteiger partial charge in [0.25, 0.3) is 0 Å². The number of hydrogen-bond donors (Lipinski definition) is 2. The molecule has 0 spiro atoms. The fourth-order valence-electron chi connectivity index (χ4n) is 3.79. The SMILES string of the molecule is CCC(C(=O)N[C@H]1CC[C@@H](Nc2nccc(N(C)C)n2)CC1)c1ccccc1. The molecule has 0 saturated heterocycles. The summed E-state index contributed by atoms with van der Waals surface area (Å²) in [6.07, 6.45) is 6.55. The number of anilines is 2. The normalized spacial score (nSPS) is 20.2. The molecule has 6 nitrogen and oxygen atoms in total. The first-order valence-electron chi connectivity index (χ1n) is 10.2. The summed E-state index contributed by atoms with van der Waals surface area (Å²) in [6.45, 7) is 2.07. The average molecular weight is 382 g/mol. The van der Waals surface area contributed by atoms with E-state index in [-0.39, 0.29) is 17.9 Å². The first kappa shape index (κ1) is 20.1. The Morgan fingerprint density at radius 2 is 1.79 bits per heavy atom. The Bertz CT molecular complexity index is 757. The van der Waals surface area contributed by atoms with Crippen LogP contribution in [-0.2, 0) is 4.79 Å². The number of rotatable bonds is 7. The molecule has 1 aliphatic carbocycles. The van der Waals surface area contributed by atoms with E-state index in [1.165, 1.54) is 0 Å². The van der Waals surface area contributed by atoms with Crippen molar-refractivity contribution in [3.05, 3.63) is 48.2 Å². The van der Waals surface area contributed by atoms with Gasteiger partial charge in [-0.2, -0.15) is 4.98 Å². The van der Waals surface area contributed by atoms with Gasteiger partial charge in [0.05, 0.1) is 5.92 Å². The lowest BCUT2D eigenvalue weighted by Crippen LogP contribution is -2.42. The molecule has 3 rings (SSSR count). The Morgan fingerprint density at radius 1 is 1.11 bits per heavy atom. The molecule has 1 atom stereocenters. The highest BCUT2D eigenvalue weighted by Gasteiger charge is 2.26. The molecule has 0 bridgehead atoms. The molecule has 1 fully saturated rings. The van der Waals surface area contributed by atoms with Crippen LogP contribution in [0, 0.1) is 0 Å². The predicted molar refractivity (Wildman–Crippen MR) is 114 cm³/mol. The fraction of sp³-hybridized carbons (Fsp3) is 0.500. The van der Waals surface area contributed by atoms with Crippen LogP contribution in [0.15, 0.2) is 42.6 Å². The van der Waals surface area contributed by atoms with Crippen molar-refractivity contribution in [2.75, 3.05) is 24.3 Å². The highest BCUT2D eigenvalue weighted by atomic mass is 16.1. The number of nitrogens with zero attached hydrogens (tertiary/aromatic N) is 3. The van der Waals surface area contributed by atoms with E-state index in [1.807, 2.05) is 55.4 Å². The van der Waals surface area contributed by atoms with Gasteiger partial charge in [-0.1, -0.05) is 37.3 Å². The molecule has 0 radical (unpaired) electrons. The number of hydrogen-bond acceptors (Lipinski definition) is 5. The average Bonchev–Trinajstić information content (AvgIpc) is 2.71. The van der Waals surface area contributed by atoms with Crippen LogP contribution in [0.5, 0.6) is 0 Å². The van der Waals surface area contributed by atoms with Crippen molar-refractivity contribution in [3.8, 4) is 0 Å². The summed E-state index contributed by atoms with van der Waals surface area (Å²) >= 11 is 0. The largest absolute Gasteiger partial charge is 0.363 e. The highest BCUT2D eigenvalue weighted by Crippen LogP contribution is 2.24. The van der Waals surface area contributed by atoms with E-state index in [9.17, 15) is 4.79 Å². The molecule has 1 aromatic carbocycles. The van der Waals surface area contributed by atoms with Gasteiger partial charge in [-0.05, 0) is 43.7 Å². The van der Waals surface area contributed by atoms with E-state index in [0.717, 1.165) is 43.5 Å². The summed E-state index contributed by atoms with van der Waals surface area (Å²) in [7, 11) is 3.94. The van der Waals surface area contributed by atoms with Crippen LogP contribution in [0.4, 0.5) is 11.8 Å². The Kier molecular flexibility index (Phi) is 6.85. The fourth-order valence-corrected chi connectivity index (χ4v) is 3.79. The zero-order valence-corrected chi connectivity index (χ0v) is 17.1. The van der Waals surface area contributed by atoms with Crippen LogP contribution in [0.1, 0.15) is 50.5 Å². The minimum Gasteiger partial charge on any atom is -0.363 e. The van der Waals surface area contributed by atoms with Crippen molar-refractivity contribution in [1.82, 2.24) is 15.3 Å². The first-order valence-corrected chi connectivity index (χ1v) is 10.2. The maximum absolute atomic E-state index is 12.8. The summed E-state index contributed by atoms with van der Waals surface area (Å²) in [6, 6.07) is 12.5. The second kappa shape index (κ2) is 9.53. The molecule has 150 valence electrons. The third-order valence-corrected chi connectivity index (χ3v) is 5.43. The van der Waals surface area contributed by atoms with Crippen LogP contribution in [0.2, 0.25) is 0 Å². The molecule has 1 saturated carbocycles. The molecule has 1 heterocycles. The van der Waals surface area contributed by atoms with Crippen molar-refractivity contribution in [1.29, 1.82) is 0 Å². The van der Waals surface area contributed by atoms with Gasteiger partial charge in [0.15, 0.2) is 0 Å². The summed E-state index contributed by atoms with van der Waals surface area (Å²) in [5.41, 5.74) is 1.09. The van der Waals surface area contributed by atoms with Gasteiger partial charge in [-0.15, -0.1) is 0 Å². The Hall–Kier alpha value is -2.63. The van der Waals surface area contributed by atoms with Crippen molar-refractivity contribution in [2.45, 2.75) is 57.0 Å². The van der Waals surface area contributed by atoms with Crippen LogP contribution in [0.3, 0.4) is 0 Å². The lowest BCUT2D eigenvalue weighted by atomic mass is 9.89. The smallest absolute Gasteiger partial charge is 0.227 e. The van der Waals surface area contributed by atoms with Gasteiger partial charge in [0.1, 0.15) is 5.82 Å². The molecule has 1 amide bonds. The number of benzene rings is 1. The van der Waals surface area contributed by atoms with Crippen LogP contribution >= 0.6 is 0 Å². The molecular weight excluding hydrogens is 350 g/mol. The third-order valence-electron chi connectivity index (χ3n) is 5.43. The Labute approximate surface area is 167 Å². The molecule has 1 aromatic heterocycles. The molecule has 0 aliphatic heterocycles. The minimum absolute atomic E-state index is 0.0702. The molecule has 1 aliphatic rings. The van der Waals surface area contributed by atoms with E-state index in [2.05, 4.69) is 27.5 Å². The number of carbonyl (C=O) groups is 1. The second-order valence-electron chi connectivity index (χ2n) is 7.71.